The van der Waals surface area contributed by atoms with Crippen LogP contribution in [0, 0.1) is 0 Å². The largest absolute Gasteiger partial charge is 0.368 e. The Morgan fingerprint density at radius 2 is 1.81 bits per heavy atom. The lowest BCUT2D eigenvalue weighted by molar-refractivity contribution is -0.125. The summed E-state index contributed by atoms with van der Waals surface area (Å²) in [4.78, 5) is 30.8. The number of urea groups is 1. The molecule has 0 atom stereocenters. The number of para-hydroxylation sites is 1. The molecule has 0 radical (unpaired) electrons. The Hall–Kier alpha value is -1.44. The lowest BCUT2D eigenvalue weighted by Crippen LogP contribution is -2.47. The molecule has 150 valence electrons. The Kier molecular flexibility index (Phi) is 8.73. The van der Waals surface area contributed by atoms with Crippen LogP contribution in [0.2, 0.25) is 0 Å². The molecule has 2 fully saturated rings. The van der Waals surface area contributed by atoms with Gasteiger partial charge in [0.1, 0.15) is 0 Å². The zero-order valence-corrected chi connectivity index (χ0v) is 17.5. The van der Waals surface area contributed by atoms with Crippen molar-refractivity contribution in [2.75, 3.05) is 56.5 Å². The third-order valence-corrected chi connectivity index (χ3v) is 6.10. The number of hydrogen-bond donors (Lipinski definition) is 1. The van der Waals surface area contributed by atoms with Crippen molar-refractivity contribution in [1.29, 1.82) is 0 Å². The Labute approximate surface area is 172 Å². The molecule has 0 spiro atoms. The summed E-state index contributed by atoms with van der Waals surface area (Å²) in [6, 6.07) is 8.44. The Bertz CT molecular complexity index is 622. The van der Waals surface area contributed by atoms with Crippen molar-refractivity contribution in [1.82, 2.24) is 15.1 Å². The van der Waals surface area contributed by atoms with E-state index in [2.05, 4.69) is 46.3 Å². The molecule has 2 heterocycles. The second kappa shape index (κ2) is 10.8. The van der Waals surface area contributed by atoms with Gasteiger partial charge in [0.25, 0.3) is 0 Å². The average Bonchev–Trinajstić information content (AvgIpc) is 2.99. The number of amides is 3. The second-order valence-corrected chi connectivity index (χ2v) is 7.84. The summed E-state index contributed by atoms with van der Waals surface area (Å²) in [6.07, 6.45) is 2.02. The Balaban J connectivity index is 0.00000261. The summed E-state index contributed by atoms with van der Waals surface area (Å²) in [5.74, 6) is 1.04. The predicted octanol–water partition coefficient (Wildman–Crippen LogP) is 2.67. The third-order valence-electron chi connectivity index (χ3n) is 4.83. The molecule has 1 aromatic carbocycles. The lowest BCUT2D eigenvalue weighted by Gasteiger charge is -2.37. The maximum Gasteiger partial charge on any atom is 0.324 e. The van der Waals surface area contributed by atoms with Crippen molar-refractivity contribution in [3.8, 4) is 0 Å². The van der Waals surface area contributed by atoms with Gasteiger partial charge in [0, 0.05) is 37.6 Å². The quantitative estimate of drug-likeness (QED) is 0.525. The monoisotopic (exact) mass is 412 g/mol. The number of halogens is 1. The van der Waals surface area contributed by atoms with Crippen LogP contribution in [-0.2, 0) is 4.79 Å². The van der Waals surface area contributed by atoms with Crippen LogP contribution >= 0.6 is 24.2 Å². The van der Waals surface area contributed by atoms with E-state index in [4.69, 9.17) is 0 Å². The van der Waals surface area contributed by atoms with E-state index in [-0.39, 0.29) is 30.9 Å². The van der Waals surface area contributed by atoms with Gasteiger partial charge in [-0.05, 0) is 37.3 Å². The summed E-state index contributed by atoms with van der Waals surface area (Å²) in [5, 5.41) is 2.57. The van der Waals surface area contributed by atoms with E-state index in [1.54, 1.807) is 0 Å². The van der Waals surface area contributed by atoms with E-state index >= 15 is 0 Å². The molecule has 2 aliphatic heterocycles. The fraction of sp³-hybridized carbons (Fsp3) is 0.579. The maximum absolute atomic E-state index is 11.6. The van der Waals surface area contributed by atoms with Crippen LogP contribution < -0.4 is 10.2 Å². The highest BCUT2D eigenvalue weighted by Gasteiger charge is 2.28. The third kappa shape index (κ3) is 5.77. The molecule has 1 aromatic rings. The molecule has 27 heavy (non-hydrogen) atoms. The molecule has 0 aromatic heterocycles. The van der Waals surface area contributed by atoms with E-state index in [0.717, 1.165) is 44.9 Å². The van der Waals surface area contributed by atoms with E-state index in [1.165, 1.54) is 21.9 Å². The highest BCUT2D eigenvalue weighted by atomic mass is 35.5. The van der Waals surface area contributed by atoms with Gasteiger partial charge in [0.05, 0.1) is 12.2 Å². The molecule has 2 saturated heterocycles. The normalized spacial score (nSPS) is 17.8. The first-order chi connectivity index (χ1) is 12.7. The Morgan fingerprint density at radius 1 is 1.07 bits per heavy atom. The van der Waals surface area contributed by atoms with Crippen molar-refractivity contribution in [3.63, 3.8) is 0 Å². The van der Waals surface area contributed by atoms with Gasteiger partial charge in [0.15, 0.2) is 0 Å². The minimum atomic E-state index is -0.249. The first-order valence-electron chi connectivity index (χ1n) is 9.46. The number of nitrogens with zero attached hydrogens (tertiary/aromatic N) is 3. The Morgan fingerprint density at radius 3 is 2.48 bits per heavy atom. The molecule has 3 rings (SSSR count). The molecule has 0 aliphatic carbocycles. The number of rotatable bonds is 8. The van der Waals surface area contributed by atoms with Crippen LogP contribution in [0.5, 0.6) is 0 Å². The van der Waals surface area contributed by atoms with Crippen molar-refractivity contribution in [2.24, 2.45) is 0 Å². The highest BCUT2D eigenvalue weighted by molar-refractivity contribution is 7.99. The highest BCUT2D eigenvalue weighted by Crippen LogP contribution is 2.31. The first-order valence-corrected chi connectivity index (χ1v) is 10.4. The van der Waals surface area contributed by atoms with Crippen LogP contribution in [0.15, 0.2) is 29.2 Å². The van der Waals surface area contributed by atoms with E-state index in [9.17, 15) is 9.59 Å². The number of hydrogen-bond acceptors (Lipinski definition) is 5. The van der Waals surface area contributed by atoms with Crippen LogP contribution in [0.1, 0.15) is 19.8 Å². The number of nitrogens with one attached hydrogen (secondary N) is 1. The van der Waals surface area contributed by atoms with Gasteiger partial charge in [-0.15, -0.1) is 24.2 Å². The molecule has 6 nitrogen and oxygen atoms in total. The van der Waals surface area contributed by atoms with Crippen molar-refractivity contribution < 1.29 is 9.59 Å². The van der Waals surface area contributed by atoms with Gasteiger partial charge in [-0.1, -0.05) is 19.1 Å². The molecular weight excluding hydrogens is 384 g/mol. The van der Waals surface area contributed by atoms with Gasteiger partial charge in [0.2, 0.25) is 5.91 Å². The van der Waals surface area contributed by atoms with Gasteiger partial charge >= 0.3 is 6.03 Å². The van der Waals surface area contributed by atoms with Crippen LogP contribution in [0.3, 0.4) is 0 Å². The van der Waals surface area contributed by atoms with Crippen molar-refractivity contribution in [2.45, 2.75) is 24.7 Å². The average molecular weight is 413 g/mol. The van der Waals surface area contributed by atoms with Crippen molar-refractivity contribution >= 4 is 41.8 Å². The number of piperazine rings is 1. The summed E-state index contributed by atoms with van der Waals surface area (Å²) in [5.41, 5.74) is 1.35. The smallest absolute Gasteiger partial charge is 0.324 e. The second-order valence-electron chi connectivity index (χ2n) is 6.70. The predicted molar refractivity (Wildman–Crippen MR) is 113 cm³/mol. The molecule has 0 bridgehead atoms. The lowest BCUT2D eigenvalue weighted by atomic mass is 10.2. The van der Waals surface area contributed by atoms with E-state index in [0.29, 0.717) is 6.54 Å². The number of anilines is 1. The topological polar surface area (TPSA) is 55.9 Å². The number of benzene rings is 1. The molecule has 2 aliphatic rings. The zero-order chi connectivity index (χ0) is 18.4. The fourth-order valence-corrected chi connectivity index (χ4v) is 4.34. The van der Waals surface area contributed by atoms with Gasteiger partial charge in [-0.3, -0.25) is 14.6 Å². The zero-order valence-electron chi connectivity index (χ0n) is 15.9. The van der Waals surface area contributed by atoms with Crippen LogP contribution in [0.4, 0.5) is 10.5 Å². The number of imide groups is 1. The van der Waals surface area contributed by atoms with Gasteiger partial charge in [-0.25, -0.2) is 4.79 Å². The molecule has 0 saturated carbocycles. The number of carbonyl (C=O) groups is 2. The minimum Gasteiger partial charge on any atom is -0.368 e. The number of carbonyl (C=O) groups excluding carboxylic acids is 2. The summed E-state index contributed by atoms with van der Waals surface area (Å²) in [6.45, 7) is 7.89. The SMILES string of the molecule is CCCSc1ccccc1N1CCN(CCCN2C(=O)CNC2=O)CC1.Cl. The summed E-state index contributed by atoms with van der Waals surface area (Å²) >= 11 is 1.94. The van der Waals surface area contributed by atoms with Gasteiger partial charge < -0.3 is 10.2 Å². The molecule has 8 heteroatoms. The molecule has 0 unspecified atom stereocenters. The molecular formula is C19H29ClN4O2S. The van der Waals surface area contributed by atoms with Crippen LogP contribution in [-0.4, -0.2) is 73.3 Å². The van der Waals surface area contributed by atoms with E-state index < -0.39 is 0 Å². The maximum atomic E-state index is 11.6. The first kappa shape index (κ1) is 21.9. The molecule has 3 amide bonds. The summed E-state index contributed by atoms with van der Waals surface area (Å²) < 4.78 is 0. The van der Waals surface area contributed by atoms with Crippen LogP contribution in [0.25, 0.3) is 0 Å². The minimum absolute atomic E-state index is 0. The van der Waals surface area contributed by atoms with Crippen molar-refractivity contribution in [3.05, 3.63) is 24.3 Å². The van der Waals surface area contributed by atoms with E-state index in [1.807, 2.05) is 11.8 Å². The number of thioether (sulfide) groups is 1. The summed E-state index contributed by atoms with van der Waals surface area (Å²) in [7, 11) is 0. The molecule has 1 N–H and O–H groups in total. The van der Waals surface area contributed by atoms with Gasteiger partial charge in [-0.2, -0.15) is 0 Å². The standard InChI is InChI=1S/C19H28N4O2S.ClH/c1-2-14-26-17-7-4-3-6-16(17)22-12-10-21(11-13-22)8-5-9-23-18(24)15-20-19(23)25;/h3-4,6-7H,2,5,8-15H2,1H3,(H,20,25);1H. The fourth-order valence-electron chi connectivity index (χ4n) is 3.40.